The summed E-state index contributed by atoms with van der Waals surface area (Å²) in [5.41, 5.74) is -0.627. The Hall–Kier alpha value is -1.11. The van der Waals surface area contributed by atoms with Crippen LogP contribution in [-0.2, 0) is 9.47 Å². The molecule has 0 aromatic heterocycles. The normalized spacial score (nSPS) is 26.0. The van der Waals surface area contributed by atoms with E-state index >= 15 is 0 Å². The molecule has 1 aliphatic heterocycles. The van der Waals surface area contributed by atoms with Gasteiger partial charge in [0.25, 0.3) is 0 Å². The Morgan fingerprint density at radius 1 is 1.47 bits per heavy atom. The van der Waals surface area contributed by atoms with Crippen LogP contribution in [0.2, 0.25) is 0 Å². The third-order valence-electron chi connectivity index (χ3n) is 2.58. The van der Waals surface area contributed by atoms with Crippen LogP contribution >= 0.6 is 0 Å². The summed E-state index contributed by atoms with van der Waals surface area (Å²) in [5.74, 6) is 0. The minimum Gasteiger partial charge on any atom is -0.444 e. The van der Waals surface area contributed by atoms with Gasteiger partial charge in [0.2, 0.25) is 0 Å². The van der Waals surface area contributed by atoms with Gasteiger partial charge in [0.05, 0.1) is 24.9 Å². The second-order valence-electron chi connectivity index (χ2n) is 5.61. The van der Waals surface area contributed by atoms with Crippen molar-refractivity contribution in [2.75, 3.05) is 6.61 Å². The molecule has 0 saturated carbocycles. The van der Waals surface area contributed by atoms with Crippen LogP contribution in [-0.4, -0.2) is 52.9 Å². The van der Waals surface area contributed by atoms with Gasteiger partial charge in [0.15, 0.2) is 0 Å². The maximum atomic E-state index is 11.7. The Bertz CT molecular complexity index is 336. The predicted molar refractivity (Wildman–Crippen MR) is 69.7 cm³/mol. The minimum atomic E-state index is -1.12. The molecule has 1 rings (SSSR count). The van der Waals surface area contributed by atoms with Crippen molar-refractivity contribution in [3.8, 4) is 0 Å². The molecule has 0 bridgehead atoms. The number of hydrogen-bond acceptors (Lipinski definition) is 5. The topological polar surface area (TPSA) is 88.0 Å². The van der Waals surface area contributed by atoms with Gasteiger partial charge in [-0.3, -0.25) is 0 Å². The van der Waals surface area contributed by atoms with Crippen LogP contribution in [0.15, 0.2) is 12.2 Å². The zero-order valence-electron chi connectivity index (χ0n) is 11.8. The first-order valence-electron chi connectivity index (χ1n) is 6.35. The molecule has 0 spiro atoms. The van der Waals surface area contributed by atoms with Crippen molar-refractivity contribution in [2.45, 2.75) is 57.6 Å². The molecule has 0 radical (unpaired) electrons. The highest BCUT2D eigenvalue weighted by atomic mass is 16.6. The van der Waals surface area contributed by atoms with Gasteiger partial charge in [-0.25, -0.2) is 4.79 Å². The Morgan fingerprint density at radius 2 is 2.11 bits per heavy atom. The van der Waals surface area contributed by atoms with Gasteiger partial charge in [-0.05, 0) is 27.7 Å². The summed E-state index contributed by atoms with van der Waals surface area (Å²) in [4.78, 5) is 11.7. The van der Waals surface area contributed by atoms with Crippen molar-refractivity contribution in [1.29, 1.82) is 0 Å². The molecule has 4 atom stereocenters. The average Bonchev–Trinajstić information content (AvgIpc) is 2.69. The number of nitrogens with one attached hydrogen (secondary N) is 1. The number of ether oxygens (including phenoxy) is 2. The highest BCUT2D eigenvalue weighted by molar-refractivity contribution is 5.68. The van der Waals surface area contributed by atoms with E-state index in [0.29, 0.717) is 0 Å². The second kappa shape index (κ2) is 6.36. The molecule has 110 valence electrons. The lowest BCUT2D eigenvalue weighted by Crippen LogP contribution is -2.53. The van der Waals surface area contributed by atoms with E-state index in [4.69, 9.17) is 14.6 Å². The van der Waals surface area contributed by atoms with E-state index in [0.717, 1.165) is 0 Å². The molecule has 1 heterocycles. The Labute approximate surface area is 113 Å². The summed E-state index contributed by atoms with van der Waals surface area (Å²) in [7, 11) is 0. The van der Waals surface area contributed by atoms with E-state index in [1.807, 2.05) is 13.0 Å². The molecule has 1 amide bonds. The molecule has 19 heavy (non-hydrogen) atoms. The minimum absolute atomic E-state index is 0.0844. The van der Waals surface area contributed by atoms with Crippen molar-refractivity contribution in [1.82, 2.24) is 5.32 Å². The van der Waals surface area contributed by atoms with Crippen LogP contribution in [0.1, 0.15) is 27.7 Å². The number of aliphatic hydroxyl groups excluding tert-OH is 2. The maximum Gasteiger partial charge on any atom is 0.408 e. The van der Waals surface area contributed by atoms with E-state index in [1.54, 1.807) is 26.8 Å². The van der Waals surface area contributed by atoms with E-state index in [9.17, 15) is 9.90 Å². The fourth-order valence-corrected chi connectivity index (χ4v) is 1.76. The molecule has 6 nitrogen and oxygen atoms in total. The van der Waals surface area contributed by atoms with Crippen molar-refractivity contribution >= 4 is 6.09 Å². The lowest BCUT2D eigenvalue weighted by atomic mass is 10.1. The van der Waals surface area contributed by atoms with Crippen molar-refractivity contribution in [3.05, 3.63) is 12.2 Å². The summed E-state index contributed by atoms with van der Waals surface area (Å²) in [6, 6.07) is -0.749. The van der Waals surface area contributed by atoms with Crippen LogP contribution in [0.3, 0.4) is 0 Å². The molecule has 0 unspecified atom stereocenters. The van der Waals surface area contributed by atoms with E-state index in [2.05, 4.69) is 5.32 Å². The standard InChI is InChI=1S/C13H23NO5/c1-8-5-6-10(18-8)11(9(16)7-15)14-12(17)19-13(2,3)4/h5-6,8-11,15-16H,7H2,1-4H3,(H,14,17)/t8-,9-,10-,11-/m1/s1. The number of aliphatic hydroxyl groups is 2. The van der Waals surface area contributed by atoms with Crippen LogP contribution in [0, 0.1) is 0 Å². The number of amides is 1. The van der Waals surface area contributed by atoms with Crippen LogP contribution < -0.4 is 5.32 Å². The molecule has 3 N–H and O–H groups in total. The van der Waals surface area contributed by atoms with Gasteiger partial charge < -0.3 is 25.0 Å². The van der Waals surface area contributed by atoms with Gasteiger partial charge in [-0.1, -0.05) is 12.2 Å². The Balaban J connectivity index is 2.65. The highest BCUT2D eigenvalue weighted by Crippen LogP contribution is 2.17. The number of alkyl carbamates (subject to hydrolysis) is 1. The third-order valence-corrected chi connectivity index (χ3v) is 2.58. The predicted octanol–water partition coefficient (Wildman–Crippen LogP) is 0.576. The van der Waals surface area contributed by atoms with Crippen molar-refractivity contribution in [2.24, 2.45) is 0 Å². The quantitative estimate of drug-likeness (QED) is 0.652. The summed E-state index contributed by atoms with van der Waals surface area (Å²) in [6.07, 6.45) is 1.25. The number of rotatable bonds is 4. The van der Waals surface area contributed by atoms with E-state index in [1.165, 1.54) is 0 Å². The molecule has 0 aromatic rings. The fraction of sp³-hybridized carbons (Fsp3) is 0.769. The van der Waals surface area contributed by atoms with Crippen LogP contribution in [0.4, 0.5) is 4.79 Å². The molecule has 0 fully saturated rings. The second-order valence-corrected chi connectivity index (χ2v) is 5.61. The van der Waals surface area contributed by atoms with E-state index < -0.39 is 36.6 Å². The highest BCUT2D eigenvalue weighted by Gasteiger charge is 2.33. The Kier molecular flexibility index (Phi) is 5.34. The number of carbonyl (C=O) groups is 1. The SMILES string of the molecule is C[C@@H]1C=C[C@H]([C@H](NC(=O)OC(C)(C)C)[C@H](O)CO)O1. The zero-order chi connectivity index (χ0) is 14.6. The van der Waals surface area contributed by atoms with Crippen LogP contribution in [0.5, 0.6) is 0 Å². The summed E-state index contributed by atoms with van der Waals surface area (Å²) < 4.78 is 10.7. The first kappa shape index (κ1) is 15.9. The zero-order valence-corrected chi connectivity index (χ0v) is 11.8. The molecule has 0 aliphatic carbocycles. The van der Waals surface area contributed by atoms with Crippen molar-refractivity contribution < 1.29 is 24.5 Å². The lowest BCUT2D eigenvalue weighted by Gasteiger charge is -2.29. The number of carbonyl (C=O) groups excluding carboxylic acids is 1. The molecule has 1 aliphatic rings. The van der Waals surface area contributed by atoms with Gasteiger partial charge in [-0.15, -0.1) is 0 Å². The summed E-state index contributed by atoms with van der Waals surface area (Å²) in [5, 5.41) is 21.4. The summed E-state index contributed by atoms with van der Waals surface area (Å²) >= 11 is 0. The largest absolute Gasteiger partial charge is 0.444 e. The molecule has 0 aromatic carbocycles. The fourth-order valence-electron chi connectivity index (χ4n) is 1.76. The lowest BCUT2D eigenvalue weighted by molar-refractivity contribution is -0.0209. The number of hydrogen-bond donors (Lipinski definition) is 3. The molecular formula is C13H23NO5. The maximum absolute atomic E-state index is 11.7. The molecule has 6 heteroatoms. The van der Waals surface area contributed by atoms with Crippen LogP contribution in [0.25, 0.3) is 0 Å². The van der Waals surface area contributed by atoms with Gasteiger partial charge in [0, 0.05) is 0 Å². The average molecular weight is 273 g/mol. The van der Waals surface area contributed by atoms with Gasteiger partial charge >= 0.3 is 6.09 Å². The molecular weight excluding hydrogens is 250 g/mol. The smallest absolute Gasteiger partial charge is 0.408 e. The van der Waals surface area contributed by atoms with Gasteiger partial charge in [-0.2, -0.15) is 0 Å². The van der Waals surface area contributed by atoms with Gasteiger partial charge in [0.1, 0.15) is 11.7 Å². The molecule has 0 saturated heterocycles. The summed E-state index contributed by atoms with van der Waals surface area (Å²) in [6.45, 7) is 6.63. The van der Waals surface area contributed by atoms with Crippen molar-refractivity contribution in [3.63, 3.8) is 0 Å². The first-order valence-corrected chi connectivity index (χ1v) is 6.35. The third kappa shape index (κ3) is 5.18. The van der Waals surface area contributed by atoms with E-state index in [-0.39, 0.29) is 6.10 Å². The first-order chi connectivity index (χ1) is 8.73. The Morgan fingerprint density at radius 3 is 2.53 bits per heavy atom. The monoisotopic (exact) mass is 273 g/mol.